The van der Waals surface area contributed by atoms with Crippen LogP contribution in [0.4, 0.5) is 5.69 Å². The van der Waals surface area contributed by atoms with E-state index in [1.165, 1.54) is 24.3 Å². The number of hydrogen-bond acceptors (Lipinski definition) is 6. The first-order chi connectivity index (χ1) is 16.0. The molecule has 33 heavy (non-hydrogen) atoms. The monoisotopic (exact) mass is 457 g/mol. The lowest BCUT2D eigenvalue weighted by Gasteiger charge is -2.18. The average Bonchev–Trinajstić information content (AvgIpc) is 2.85. The van der Waals surface area contributed by atoms with Crippen LogP contribution < -0.4 is 5.32 Å². The van der Waals surface area contributed by atoms with Gasteiger partial charge in [-0.3, -0.25) is 14.4 Å². The second-order valence-electron chi connectivity index (χ2n) is 7.23. The molecule has 0 radical (unpaired) electrons. The number of hydrogen-bond donors (Lipinski definition) is 1. The molecule has 0 spiro atoms. The van der Waals surface area contributed by atoms with Crippen molar-refractivity contribution in [1.82, 2.24) is 0 Å². The van der Waals surface area contributed by atoms with E-state index in [1.54, 1.807) is 42.1 Å². The smallest absolute Gasteiger partial charge is 0.331 e. The van der Waals surface area contributed by atoms with Gasteiger partial charge < -0.3 is 10.1 Å². The van der Waals surface area contributed by atoms with Crippen LogP contribution in [0.2, 0.25) is 0 Å². The largest absolute Gasteiger partial charge is 0.452 e. The predicted octanol–water partition coefficient (Wildman–Crippen LogP) is 4.38. The zero-order chi connectivity index (χ0) is 23.4. The topological polar surface area (TPSA) is 89.5 Å². The second-order valence-corrected chi connectivity index (χ2v) is 8.11. The standard InChI is InChI=1S/C26H19NO5S/c1-33-18-10-6-16(7-11-18)8-13-24(29)32-15-23(28)27-17-9-12-21-22(14-17)26(31)20-5-3-2-4-19(20)25(21)30/h2-14H,15H2,1H3,(H,27,28)/b13-8+. The quantitative estimate of drug-likeness (QED) is 0.263. The van der Waals surface area contributed by atoms with Gasteiger partial charge >= 0.3 is 5.97 Å². The molecular weight excluding hydrogens is 438 g/mol. The molecule has 164 valence electrons. The lowest BCUT2D eigenvalue weighted by atomic mass is 9.84. The Morgan fingerprint density at radius 1 is 0.879 bits per heavy atom. The number of ketones is 2. The Morgan fingerprint density at radius 3 is 2.18 bits per heavy atom. The lowest BCUT2D eigenvalue weighted by molar-refractivity contribution is -0.142. The number of fused-ring (bicyclic) bond motifs is 2. The zero-order valence-corrected chi connectivity index (χ0v) is 18.5. The van der Waals surface area contributed by atoms with Gasteiger partial charge in [-0.2, -0.15) is 0 Å². The van der Waals surface area contributed by atoms with Crippen LogP contribution >= 0.6 is 11.8 Å². The van der Waals surface area contributed by atoms with Gasteiger partial charge in [-0.1, -0.05) is 36.4 Å². The molecule has 0 aromatic heterocycles. The maximum atomic E-state index is 12.8. The summed E-state index contributed by atoms with van der Waals surface area (Å²) in [6, 6.07) is 18.8. The molecular formula is C26H19NO5S. The minimum atomic E-state index is -0.651. The molecule has 1 aliphatic rings. The normalized spacial score (nSPS) is 12.3. The first kappa shape index (κ1) is 22.2. The Hall–Kier alpha value is -3.97. The molecule has 0 saturated carbocycles. The molecule has 1 N–H and O–H groups in total. The van der Waals surface area contributed by atoms with Crippen molar-refractivity contribution in [1.29, 1.82) is 0 Å². The van der Waals surface area contributed by atoms with Crippen molar-refractivity contribution in [2.45, 2.75) is 4.90 Å². The highest BCUT2D eigenvalue weighted by Gasteiger charge is 2.29. The molecule has 0 fully saturated rings. The summed E-state index contributed by atoms with van der Waals surface area (Å²) < 4.78 is 4.98. The molecule has 0 unspecified atom stereocenters. The fourth-order valence-corrected chi connectivity index (χ4v) is 3.85. The van der Waals surface area contributed by atoms with Gasteiger partial charge in [-0.25, -0.2) is 4.79 Å². The van der Waals surface area contributed by atoms with Crippen molar-refractivity contribution in [2.24, 2.45) is 0 Å². The predicted molar refractivity (Wildman–Crippen MR) is 127 cm³/mol. The van der Waals surface area contributed by atoms with E-state index >= 15 is 0 Å². The Balaban J connectivity index is 1.36. The highest BCUT2D eigenvalue weighted by Crippen LogP contribution is 2.29. The van der Waals surface area contributed by atoms with Crippen molar-refractivity contribution in [2.75, 3.05) is 18.2 Å². The second kappa shape index (κ2) is 9.67. The summed E-state index contributed by atoms with van der Waals surface area (Å²) in [4.78, 5) is 50.7. The summed E-state index contributed by atoms with van der Waals surface area (Å²) in [6.07, 6.45) is 4.84. The molecule has 0 atom stereocenters. The molecule has 1 aliphatic carbocycles. The van der Waals surface area contributed by atoms with Crippen LogP contribution in [0.1, 0.15) is 37.4 Å². The van der Waals surface area contributed by atoms with Gasteiger partial charge in [0.25, 0.3) is 5.91 Å². The van der Waals surface area contributed by atoms with E-state index < -0.39 is 18.5 Å². The van der Waals surface area contributed by atoms with Crippen molar-refractivity contribution in [3.8, 4) is 0 Å². The van der Waals surface area contributed by atoms with Crippen LogP contribution in [0.3, 0.4) is 0 Å². The van der Waals surface area contributed by atoms with Gasteiger partial charge in [0, 0.05) is 38.9 Å². The number of thioether (sulfide) groups is 1. The SMILES string of the molecule is CSc1ccc(/C=C/C(=O)OCC(=O)Nc2ccc3c(c2)C(=O)c2ccccc2C3=O)cc1. The number of nitrogens with one attached hydrogen (secondary N) is 1. The van der Waals surface area contributed by atoms with Crippen LogP contribution in [0, 0.1) is 0 Å². The average molecular weight is 458 g/mol. The third kappa shape index (κ3) is 4.94. The van der Waals surface area contributed by atoms with Gasteiger partial charge in [-0.05, 0) is 48.2 Å². The van der Waals surface area contributed by atoms with E-state index in [4.69, 9.17) is 4.74 Å². The molecule has 3 aromatic carbocycles. The molecule has 7 heteroatoms. The third-order valence-corrected chi connectivity index (χ3v) is 5.83. The number of carbonyl (C=O) groups is 4. The summed E-state index contributed by atoms with van der Waals surface area (Å²) >= 11 is 1.62. The molecule has 0 saturated heterocycles. The number of amides is 1. The Kier molecular flexibility index (Phi) is 6.51. The van der Waals surface area contributed by atoms with Crippen molar-refractivity contribution in [3.63, 3.8) is 0 Å². The van der Waals surface area contributed by atoms with Gasteiger partial charge in [0.05, 0.1) is 0 Å². The van der Waals surface area contributed by atoms with Crippen LogP contribution in [-0.4, -0.2) is 36.3 Å². The van der Waals surface area contributed by atoms with Gasteiger partial charge in [-0.15, -0.1) is 11.8 Å². The lowest BCUT2D eigenvalue weighted by Crippen LogP contribution is -2.23. The fourth-order valence-electron chi connectivity index (χ4n) is 3.44. The van der Waals surface area contributed by atoms with E-state index in [1.807, 2.05) is 30.5 Å². The Morgan fingerprint density at radius 2 is 1.52 bits per heavy atom. The molecule has 6 nitrogen and oxygen atoms in total. The zero-order valence-electron chi connectivity index (χ0n) is 17.7. The third-order valence-electron chi connectivity index (χ3n) is 5.08. The number of esters is 1. The van der Waals surface area contributed by atoms with E-state index in [-0.39, 0.29) is 17.1 Å². The number of carbonyl (C=O) groups excluding carboxylic acids is 4. The van der Waals surface area contributed by atoms with Crippen LogP contribution in [0.5, 0.6) is 0 Å². The Bertz CT molecular complexity index is 1290. The molecule has 0 aliphatic heterocycles. The maximum Gasteiger partial charge on any atom is 0.331 e. The highest BCUT2D eigenvalue weighted by molar-refractivity contribution is 7.98. The number of benzene rings is 3. The number of ether oxygens (including phenoxy) is 1. The van der Waals surface area contributed by atoms with Crippen LogP contribution in [0.25, 0.3) is 6.08 Å². The molecule has 3 aromatic rings. The first-order valence-corrected chi connectivity index (χ1v) is 11.3. The van der Waals surface area contributed by atoms with Gasteiger partial charge in [0.1, 0.15) is 0 Å². The summed E-state index contributed by atoms with van der Waals surface area (Å²) in [7, 11) is 0. The van der Waals surface area contributed by atoms with E-state index in [2.05, 4.69) is 5.32 Å². The first-order valence-electron chi connectivity index (χ1n) is 10.1. The number of anilines is 1. The van der Waals surface area contributed by atoms with Gasteiger partial charge in [0.2, 0.25) is 0 Å². The highest BCUT2D eigenvalue weighted by atomic mass is 32.2. The molecule has 4 rings (SSSR count). The van der Waals surface area contributed by atoms with E-state index in [0.717, 1.165) is 10.5 Å². The van der Waals surface area contributed by atoms with E-state index in [0.29, 0.717) is 22.4 Å². The molecule has 0 bridgehead atoms. The fraction of sp³-hybridized carbons (Fsp3) is 0.0769. The molecule has 0 heterocycles. The summed E-state index contributed by atoms with van der Waals surface area (Å²) in [5.74, 6) is -1.72. The van der Waals surface area contributed by atoms with Crippen molar-refractivity contribution >= 4 is 47.0 Å². The number of rotatable bonds is 6. The van der Waals surface area contributed by atoms with E-state index in [9.17, 15) is 19.2 Å². The minimum Gasteiger partial charge on any atom is -0.452 e. The van der Waals surface area contributed by atoms with Gasteiger partial charge in [0.15, 0.2) is 18.2 Å². The van der Waals surface area contributed by atoms with Crippen LogP contribution in [-0.2, 0) is 14.3 Å². The molecule has 1 amide bonds. The minimum absolute atomic E-state index is 0.226. The van der Waals surface area contributed by atoms with Crippen molar-refractivity contribution in [3.05, 3.63) is 101 Å². The van der Waals surface area contributed by atoms with Crippen LogP contribution in [0.15, 0.2) is 77.7 Å². The summed E-state index contributed by atoms with van der Waals surface area (Å²) in [5.41, 5.74) is 2.39. The van der Waals surface area contributed by atoms with Crippen molar-refractivity contribution < 1.29 is 23.9 Å². The maximum absolute atomic E-state index is 12.8. The summed E-state index contributed by atoms with van der Waals surface area (Å²) in [6.45, 7) is -0.485. The Labute approximate surface area is 194 Å². The summed E-state index contributed by atoms with van der Waals surface area (Å²) in [5, 5.41) is 2.59.